The molecule has 0 saturated carbocycles. The first-order chi connectivity index (χ1) is 14.0. The number of halogens is 1. The zero-order valence-corrected chi connectivity index (χ0v) is 18.2. The van der Waals surface area contributed by atoms with Crippen LogP contribution in [-0.2, 0) is 9.59 Å². The fourth-order valence-corrected chi connectivity index (χ4v) is 3.99. The van der Waals surface area contributed by atoms with Gasteiger partial charge in [0, 0.05) is 10.0 Å². The van der Waals surface area contributed by atoms with Crippen LogP contribution < -0.4 is 10.0 Å². The number of likely N-dealkylation sites (tertiary alicyclic amines) is 1. The number of quaternary nitrogens is 1. The van der Waals surface area contributed by atoms with Crippen LogP contribution >= 0.6 is 15.9 Å². The van der Waals surface area contributed by atoms with E-state index in [-0.39, 0.29) is 11.3 Å². The van der Waals surface area contributed by atoms with Gasteiger partial charge in [0.15, 0.2) is 0 Å². The average molecular weight is 457 g/mol. The maximum Gasteiger partial charge on any atom is 0.295 e. The van der Waals surface area contributed by atoms with E-state index < -0.39 is 17.7 Å². The van der Waals surface area contributed by atoms with Crippen molar-refractivity contribution in [2.24, 2.45) is 0 Å². The third-order valence-corrected chi connectivity index (χ3v) is 5.99. The molecule has 2 aromatic carbocycles. The van der Waals surface area contributed by atoms with Gasteiger partial charge in [-0.05, 0) is 37.1 Å². The minimum absolute atomic E-state index is 0.0399. The van der Waals surface area contributed by atoms with Crippen LogP contribution in [0.1, 0.15) is 31.0 Å². The van der Waals surface area contributed by atoms with Crippen molar-refractivity contribution in [1.82, 2.24) is 4.90 Å². The fraction of sp³-hybridized carbons (Fsp3) is 0.304. The number of carbonyl (C=O) groups is 2. The van der Waals surface area contributed by atoms with Gasteiger partial charge in [0.1, 0.15) is 0 Å². The minimum Gasteiger partial charge on any atom is -0.872 e. The summed E-state index contributed by atoms with van der Waals surface area (Å²) in [5, 5.41) is 13.2. The summed E-state index contributed by atoms with van der Waals surface area (Å²) in [5.74, 6) is -1.67. The van der Waals surface area contributed by atoms with Crippen molar-refractivity contribution in [2.45, 2.75) is 19.9 Å². The van der Waals surface area contributed by atoms with Crippen LogP contribution in [0.25, 0.3) is 5.76 Å². The first-order valence-electron chi connectivity index (χ1n) is 9.88. The predicted octanol–water partition coefficient (Wildman–Crippen LogP) is 1.60. The zero-order chi connectivity index (χ0) is 21.0. The predicted molar refractivity (Wildman–Crippen MR) is 114 cm³/mol. The molecule has 5 nitrogen and oxygen atoms in total. The molecule has 0 aromatic heterocycles. The second kappa shape index (κ2) is 9.37. The molecule has 1 unspecified atom stereocenters. The second-order valence-corrected chi connectivity index (χ2v) is 8.01. The van der Waals surface area contributed by atoms with Gasteiger partial charge < -0.3 is 14.9 Å². The molecule has 2 aromatic rings. The highest BCUT2D eigenvalue weighted by Gasteiger charge is 2.44. The Labute approximate surface area is 179 Å². The monoisotopic (exact) mass is 456 g/mol. The summed E-state index contributed by atoms with van der Waals surface area (Å²) in [6, 6.07) is 15.5. The highest BCUT2D eigenvalue weighted by Crippen LogP contribution is 2.38. The van der Waals surface area contributed by atoms with Gasteiger partial charge in [-0.25, -0.2) is 0 Å². The quantitative estimate of drug-likeness (QED) is 0.390. The Morgan fingerprint density at radius 2 is 1.66 bits per heavy atom. The van der Waals surface area contributed by atoms with Crippen LogP contribution in [0.4, 0.5) is 0 Å². The molecular formula is C23H25BrN2O3. The van der Waals surface area contributed by atoms with Crippen LogP contribution in [0.3, 0.4) is 0 Å². The van der Waals surface area contributed by atoms with Gasteiger partial charge in [-0.15, -0.1) is 0 Å². The van der Waals surface area contributed by atoms with E-state index in [2.05, 4.69) is 29.8 Å². The number of hydrogen-bond donors (Lipinski definition) is 1. The van der Waals surface area contributed by atoms with E-state index in [1.54, 1.807) is 29.2 Å². The molecular weight excluding hydrogens is 432 g/mol. The normalized spacial score (nSPS) is 18.6. The highest BCUT2D eigenvalue weighted by molar-refractivity contribution is 9.10. The van der Waals surface area contributed by atoms with Crippen molar-refractivity contribution in [1.29, 1.82) is 0 Å². The van der Waals surface area contributed by atoms with Crippen molar-refractivity contribution in [3.63, 3.8) is 0 Å². The molecule has 1 fully saturated rings. The van der Waals surface area contributed by atoms with E-state index in [0.29, 0.717) is 12.1 Å². The van der Waals surface area contributed by atoms with Gasteiger partial charge >= 0.3 is 0 Å². The number of hydrogen-bond acceptors (Lipinski definition) is 3. The summed E-state index contributed by atoms with van der Waals surface area (Å²) in [7, 11) is 0. The van der Waals surface area contributed by atoms with E-state index in [1.165, 1.54) is 4.90 Å². The Hall–Kier alpha value is -2.44. The van der Waals surface area contributed by atoms with E-state index in [1.807, 2.05) is 30.3 Å². The number of ketones is 1. The lowest BCUT2D eigenvalue weighted by Crippen LogP contribution is -3.12. The van der Waals surface area contributed by atoms with E-state index in [4.69, 9.17) is 0 Å². The Morgan fingerprint density at radius 1 is 1.03 bits per heavy atom. The lowest BCUT2D eigenvalue weighted by Gasteiger charge is -2.28. The molecule has 1 aliphatic rings. The summed E-state index contributed by atoms with van der Waals surface area (Å²) in [5.41, 5.74) is 1.22. The van der Waals surface area contributed by atoms with Gasteiger partial charge in [-0.1, -0.05) is 64.2 Å². The number of benzene rings is 2. The molecule has 6 heteroatoms. The Balaban J connectivity index is 2.06. The number of Topliss-reactive ketones (excluding diaryl/α,β-unsaturated/α-hetero) is 1. The molecule has 1 saturated heterocycles. The summed E-state index contributed by atoms with van der Waals surface area (Å²) in [4.78, 5) is 28.7. The number of carbonyl (C=O) groups excluding carboxylic acids is 2. The van der Waals surface area contributed by atoms with Crippen LogP contribution in [0, 0.1) is 0 Å². The molecule has 1 heterocycles. The maximum absolute atomic E-state index is 13.2. The molecule has 29 heavy (non-hydrogen) atoms. The van der Waals surface area contributed by atoms with E-state index in [0.717, 1.165) is 29.7 Å². The lowest BCUT2D eigenvalue weighted by molar-refractivity contribution is -0.895. The SMILES string of the molecule is CC[NH+](CC)CCN1C(=O)C(=O)C(=C([O-])c2ccc(Br)cc2)C1c1ccccc1. The molecule has 0 bridgehead atoms. The second-order valence-electron chi connectivity index (χ2n) is 7.10. The van der Waals surface area contributed by atoms with Crippen LogP contribution in [-0.4, -0.2) is 42.8 Å². The van der Waals surface area contributed by atoms with Gasteiger partial charge in [0.25, 0.3) is 5.91 Å². The highest BCUT2D eigenvalue weighted by atomic mass is 79.9. The Morgan fingerprint density at radius 3 is 2.24 bits per heavy atom. The molecule has 1 aliphatic heterocycles. The van der Waals surface area contributed by atoms with Crippen molar-refractivity contribution in [3.8, 4) is 0 Å². The first-order valence-corrected chi connectivity index (χ1v) is 10.7. The Kier molecular flexibility index (Phi) is 6.87. The smallest absolute Gasteiger partial charge is 0.295 e. The molecule has 152 valence electrons. The zero-order valence-electron chi connectivity index (χ0n) is 16.7. The molecule has 1 N–H and O–H groups in total. The van der Waals surface area contributed by atoms with Crippen molar-refractivity contribution in [2.75, 3.05) is 26.2 Å². The van der Waals surface area contributed by atoms with Gasteiger partial charge in [-0.2, -0.15) is 0 Å². The first kappa shape index (κ1) is 21.3. The standard InChI is InChI=1S/C23H25BrN2O3/c1-3-25(4-2)14-15-26-20(16-8-6-5-7-9-16)19(22(28)23(26)29)21(27)17-10-12-18(24)13-11-17/h5-13,20,27H,3-4,14-15H2,1-2H3. The largest absolute Gasteiger partial charge is 0.872 e. The lowest BCUT2D eigenvalue weighted by atomic mass is 9.95. The number of amides is 1. The topological polar surface area (TPSA) is 64.9 Å². The van der Waals surface area contributed by atoms with Gasteiger partial charge in [0.2, 0.25) is 5.78 Å². The molecule has 0 radical (unpaired) electrons. The summed E-state index contributed by atoms with van der Waals surface area (Å²) in [6.07, 6.45) is 0. The summed E-state index contributed by atoms with van der Waals surface area (Å²) < 4.78 is 0.844. The molecule has 1 amide bonds. The van der Waals surface area contributed by atoms with Gasteiger partial charge in [-0.3, -0.25) is 9.59 Å². The number of nitrogens with zero attached hydrogens (tertiary/aromatic N) is 1. The van der Waals surface area contributed by atoms with Crippen LogP contribution in [0.15, 0.2) is 64.6 Å². The average Bonchev–Trinajstić information content (AvgIpc) is 3.00. The van der Waals surface area contributed by atoms with Crippen molar-refractivity contribution >= 4 is 33.4 Å². The van der Waals surface area contributed by atoms with Crippen LogP contribution in [0.2, 0.25) is 0 Å². The Bertz CT molecular complexity index is 905. The fourth-order valence-electron chi connectivity index (χ4n) is 3.72. The summed E-state index contributed by atoms with van der Waals surface area (Å²) >= 11 is 3.36. The third-order valence-electron chi connectivity index (χ3n) is 5.46. The molecule has 0 spiro atoms. The van der Waals surface area contributed by atoms with Gasteiger partial charge in [0.05, 0.1) is 32.2 Å². The van der Waals surface area contributed by atoms with Crippen LogP contribution in [0.5, 0.6) is 0 Å². The minimum atomic E-state index is -0.693. The number of likely N-dealkylation sites (N-methyl/N-ethyl adjacent to an activating group) is 1. The number of nitrogens with one attached hydrogen (secondary N) is 1. The maximum atomic E-state index is 13.2. The van der Waals surface area contributed by atoms with E-state index in [9.17, 15) is 14.7 Å². The summed E-state index contributed by atoms with van der Waals surface area (Å²) in [6.45, 7) is 7.24. The van der Waals surface area contributed by atoms with Crippen molar-refractivity contribution in [3.05, 3.63) is 75.8 Å². The molecule has 3 rings (SSSR count). The molecule has 0 aliphatic carbocycles. The van der Waals surface area contributed by atoms with Crippen molar-refractivity contribution < 1.29 is 19.6 Å². The third kappa shape index (κ3) is 4.43. The number of rotatable bonds is 7. The van der Waals surface area contributed by atoms with E-state index >= 15 is 0 Å². The molecule has 1 atom stereocenters.